The standard InChI is InChI=1S/C18H24F3NO.C2H6/c1-13-2-3-15(18(19,20)21)12-17(13)14-4-8-22(9-5-14)16-6-10-23-11-7-16;1-2/h2-3,12,14,16H,4-11H2,1H3;1-2H3. The van der Waals surface area contributed by atoms with Gasteiger partial charge in [0.1, 0.15) is 0 Å². The zero-order valence-electron chi connectivity index (χ0n) is 15.5. The van der Waals surface area contributed by atoms with Crippen molar-refractivity contribution < 1.29 is 17.9 Å². The third kappa shape index (κ3) is 5.20. The van der Waals surface area contributed by atoms with Crippen molar-refractivity contribution in [2.24, 2.45) is 0 Å². The molecule has 0 amide bonds. The van der Waals surface area contributed by atoms with Crippen LogP contribution in [0.5, 0.6) is 0 Å². The van der Waals surface area contributed by atoms with Crippen LogP contribution in [0.25, 0.3) is 0 Å². The van der Waals surface area contributed by atoms with Gasteiger partial charge < -0.3 is 9.64 Å². The molecule has 2 aliphatic rings. The zero-order valence-corrected chi connectivity index (χ0v) is 15.5. The van der Waals surface area contributed by atoms with Gasteiger partial charge in [0.25, 0.3) is 0 Å². The molecule has 2 nitrogen and oxygen atoms in total. The predicted octanol–water partition coefficient (Wildman–Crippen LogP) is 5.40. The summed E-state index contributed by atoms with van der Waals surface area (Å²) in [6.07, 6.45) is -0.217. The minimum Gasteiger partial charge on any atom is -0.381 e. The van der Waals surface area contributed by atoms with Crippen molar-refractivity contribution in [1.82, 2.24) is 4.90 Å². The average Bonchev–Trinajstić information content (AvgIpc) is 2.64. The Morgan fingerprint density at radius 3 is 2.16 bits per heavy atom. The van der Waals surface area contributed by atoms with E-state index in [1.165, 1.54) is 12.1 Å². The molecule has 0 N–H and O–H groups in total. The van der Waals surface area contributed by atoms with E-state index in [4.69, 9.17) is 4.74 Å². The molecule has 0 bridgehead atoms. The van der Waals surface area contributed by atoms with E-state index in [2.05, 4.69) is 4.90 Å². The number of likely N-dealkylation sites (tertiary alicyclic amines) is 1. The maximum atomic E-state index is 13.0. The Balaban J connectivity index is 0.00000109. The van der Waals surface area contributed by atoms with Gasteiger partial charge in [-0.25, -0.2) is 0 Å². The number of benzene rings is 1. The Morgan fingerprint density at radius 1 is 1.00 bits per heavy atom. The van der Waals surface area contributed by atoms with Crippen LogP contribution in [0.3, 0.4) is 0 Å². The van der Waals surface area contributed by atoms with Crippen LogP contribution in [0, 0.1) is 6.92 Å². The predicted molar refractivity (Wildman–Crippen MR) is 94.9 cm³/mol. The first-order valence-electron chi connectivity index (χ1n) is 9.44. The smallest absolute Gasteiger partial charge is 0.381 e. The second kappa shape index (κ2) is 9.04. The lowest BCUT2D eigenvalue weighted by molar-refractivity contribution is -0.137. The molecule has 2 heterocycles. The van der Waals surface area contributed by atoms with Crippen molar-refractivity contribution in [3.8, 4) is 0 Å². The van der Waals surface area contributed by atoms with Crippen LogP contribution >= 0.6 is 0 Å². The van der Waals surface area contributed by atoms with E-state index in [0.29, 0.717) is 6.04 Å². The first-order valence-corrected chi connectivity index (χ1v) is 9.44. The van der Waals surface area contributed by atoms with E-state index in [1.807, 2.05) is 20.8 Å². The van der Waals surface area contributed by atoms with Crippen molar-refractivity contribution in [2.45, 2.75) is 64.6 Å². The molecule has 0 aromatic heterocycles. The Hall–Kier alpha value is -1.07. The minimum absolute atomic E-state index is 0.244. The quantitative estimate of drug-likeness (QED) is 0.703. The van der Waals surface area contributed by atoms with Gasteiger partial charge in [-0.3, -0.25) is 0 Å². The van der Waals surface area contributed by atoms with Crippen LogP contribution in [0.1, 0.15) is 62.1 Å². The van der Waals surface area contributed by atoms with Crippen LogP contribution < -0.4 is 0 Å². The summed E-state index contributed by atoms with van der Waals surface area (Å²) in [5, 5.41) is 0. The molecule has 0 spiro atoms. The number of halogens is 3. The largest absolute Gasteiger partial charge is 0.416 e. The maximum Gasteiger partial charge on any atom is 0.416 e. The monoisotopic (exact) mass is 357 g/mol. The average molecular weight is 357 g/mol. The van der Waals surface area contributed by atoms with E-state index in [0.717, 1.165) is 63.1 Å². The number of rotatable bonds is 2. The van der Waals surface area contributed by atoms with E-state index in [1.54, 1.807) is 6.07 Å². The fourth-order valence-electron chi connectivity index (χ4n) is 3.88. The molecule has 0 aliphatic carbocycles. The summed E-state index contributed by atoms with van der Waals surface area (Å²) in [4.78, 5) is 2.50. The van der Waals surface area contributed by atoms with Gasteiger partial charge >= 0.3 is 6.18 Å². The summed E-state index contributed by atoms with van der Waals surface area (Å²) >= 11 is 0. The molecule has 0 saturated carbocycles. The molecule has 142 valence electrons. The summed E-state index contributed by atoms with van der Waals surface area (Å²) in [6.45, 7) is 9.53. The molecule has 25 heavy (non-hydrogen) atoms. The number of ether oxygens (including phenoxy) is 1. The van der Waals surface area contributed by atoms with E-state index in [-0.39, 0.29) is 5.92 Å². The normalized spacial score (nSPS) is 20.9. The third-order valence-corrected chi connectivity index (χ3v) is 5.28. The van der Waals surface area contributed by atoms with Gasteiger partial charge in [-0.15, -0.1) is 0 Å². The molecule has 3 rings (SSSR count). The Morgan fingerprint density at radius 2 is 1.60 bits per heavy atom. The number of piperidine rings is 1. The topological polar surface area (TPSA) is 12.5 Å². The van der Waals surface area contributed by atoms with Crippen molar-refractivity contribution in [3.63, 3.8) is 0 Å². The summed E-state index contributed by atoms with van der Waals surface area (Å²) < 4.78 is 44.3. The van der Waals surface area contributed by atoms with Gasteiger partial charge in [-0.05, 0) is 74.9 Å². The fourth-order valence-corrected chi connectivity index (χ4v) is 3.88. The molecule has 2 saturated heterocycles. The molecule has 1 aromatic rings. The Labute approximate surface area is 149 Å². The molecule has 2 fully saturated rings. The lowest BCUT2D eigenvalue weighted by atomic mass is 9.85. The summed E-state index contributed by atoms with van der Waals surface area (Å²) in [6, 6.07) is 4.76. The van der Waals surface area contributed by atoms with Crippen LogP contribution in [-0.4, -0.2) is 37.2 Å². The highest BCUT2D eigenvalue weighted by Gasteiger charge is 2.33. The first-order chi connectivity index (χ1) is 11.9. The molecular weight excluding hydrogens is 327 g/mol. The molecule has 0 radical (unpaired) electrons. The summed E-state index contributed by atoms with van der Waals surface area (Å²) in [5.41, 5.74) is 1.33. The van der Waals surface area contributed by atoms with Crippen molar-refractivity contribution >= 4 is 0 Å². The SMILES string of the molecule is CC.Cc1ccc(C(F)(F)F)cc1C1CCN(C2CCOCC2)CC1. The fraction of sp³-hybridized carbons (Fsp3) is 0.700. The first kappa shape index (κ1) is 20.2. The van der Waals surface area contributed by atoms with Crippen molar-refractivity contribution in [1.29, 1.82) is 0 Å². The van der Waals surface area contributed by atoms with E-state index in [9.17, 15) is 13.2 Å². The highest BCUT2D eigenvalue weighted by atomic mass is 19.4. The lowest BCUT2D eigenvalue weighted by Crippen LogP contribution is -2.43. The van der Waals surface area contributed by atoms with Crippen LogP contribution in [-0.2, 0) is 10.9 Å². The highest BCUT2D eigenvalue weighted by molar-refractivity contribution is 5.35. The van der Waals surface area contributed by atoms with Gasteiger partial charge in [0, 0.05) is 19.3 Å². The van der Waals surface area contributed by atoms with Crippen LogP contribution in [0.4, 0.5) is 13.2 Å². The molecule has 5 heteroatoms. The summed E-state index contributed by atoms with van der Waals surface area (Å²) in [7, 11) is 0. The molecule has 1 aromatic carbocycles. The number of hydrogen-bond acceptors (Lipinski definition) is 2. The van der Waals surface area contributed by atoms with Crippen LogP contribution in [0.15, 0.2) is 18.2 Å². The third-order valence-electron chi connectivity index (χ3n) is 5.28. The van der Waals surface area contributed by atoms with Crippen molar-refractivity contribution in [2.75, 3.05) is 26.3 Å². The molecule has 2 aliphatic heterocycles. The Bertz CT molecular complexity index is 530. The van der Waals surface area contributed by atoms with Crippen LogP contribution in [0.2, 0.25) is 0 Å². The number of alkyl halides is 3. The highest BCUT2D eigenvalue weighted by Crippen LogP contribution is 2.36. The molecule has 0 atom stereocenters. The summed E-state index contributed by atoms with van der Waals surface area (Å²) in [5.74, 6) is 0.244. The van der Waals surface area contributed by atoms with Gasteiger partial charge in [-0.2, -0.15) is 13.2 Å². The van der Waals surface area contributed by atoms with E-state index < -0.39 is 11.7 Å². The van der Waals surface area contributed by atoms with Gasteiger partial charge in [0.05, 0.1) is 5.56 Å². The number of nitrogens with zero attached hydrogens (tertiary/aromatic N) is 1. The second-order valence-electron chi connectivity index (χ2n) is 6.72. The molecule has 0 unspecified atom stereocenters. The lowest BCUT2D eigenvalue weighted by Gasteiger charge is -2.39. The minimum atomic E-state index is -4.26. The van der Waals surface area contributed by atoms with Gasteiger partial charge in [0.15, 0.2) is 0 Å². The number of hydrogen-bond donors (Lipinski definition) is 0. The van der Waals surface area contributed by atoms with Crippen molar-refractivity contribution in [3.05, 3.63) is 34.9 Å². The van der Waals surface area contributed by atoms with E-state index >= 15 is 0 Å². The zero-order chi connectivity index (χ0) is 18.4. The second-order valence-corrected chi connectivity index (χ2v) is 6.72. The Kier molecular flexibility index (Phi) is 7.32. The van der Waals surface area contributed by atoms with Gasteiger partial charge in [-0.1, -0.05) is 19.9 Å². The van der Waals surface area contributed by atoms with Gasteiger partial charge in [0.2, 0.25) is 0 Å². The molecular formula is C20H30F3NO. The maximum absolute atomic E-state index is 13.0. The number of aryl methyl sites for hydroxylation is 1.